The Balaban J connectivity index is 2.02. The average molecular weight is 278 g/mol. The SMILES string of the molecule is CCCc1c(NN)ncnc1OCCc1cccs1. The van der Waals surface area contributed by atoms with Crippen LogP contribution >= 0.6 is 11.3 Å². The summed E-state index contributed by atoms with van der Waals surface area (Å²) < 4.78 is 5.77. The van der Waals surface area contributed by atoms with Crippen LogP contribution in [0.25, 0.3) is 0 Å². The fraction of sp³-hybridized carbons (Fsp3) is 0.385. The van der Waals surface area contributed by atoms with E-state index in [1.807, 2.05) is 6.07 Å². The van der Waals surface area contributed by atoms with Crippen molar-refractivity contribution in [1.29, 1.82) is 0 Å². The summed E-state index contributed by atoms with van der Waals surface area (Å²) in [7, 11) is 0. The van der Waals surface area contributed by atoms with Crippen LogP contribution in [0.1, 0.15) is 23.8 Å². The molecule has 3 N–H and O–H groups in total. The van der Waals surface area contributed by atoms with Crippen molar-refractivity contribution in [2.24, 2.45) is 5.84 Å². The maximum Gasteiger partial charge on any atom is 0.221 e. The van der Waals surface area contributed by atoms with E-state index < -0.39 is 0 Å². The number of hydrazine groups is 1. The molecule has 0 aliphatic carbocycles. The van der Waals surface area contributed by atoms with Crippen molar-refractivity contribution in [1.82, 2.24) is 9.97 Å². The minimum absolute atomic E-state index is 0.609. The van der Waals surface area contributed by atoms with Gasteiger partial charge >= 0.3 is 0 Å². The molecule has 0 saturated carbocycles. The molecule has 0 aliphatic heterocycles. The van der Waals surface area contributed by atoms with E-state index in [0.717, 1.165) is 24.8 Å². The lowest BCUT2D eigenvalue weighted by atomic mass is 10.2. The molecule has 2 aromatic heterocycles. The van der Waals surface area contributed by atoms with Crippen LogP contribution in [-0.4, -0.2) is 16.6 Å². The molecule has 5 nitrogen and oxygen atoms in total. The summed E-state index contributed by atoms with van der Waals surface area (Å²) in [5, 5.41) is 2.07. The molecule has 6 heteroatoms. The lowest BCUT2D eigenvalue weighted by Crippen LogP contribution is -2.13. The third-order valence-corrected chi connectivity index (χ3v) is 3.65. The minimum Gasteiger partial charge on any atom is -0.477 e. The normalized spacial score (nSPS) is 10.4. The molecule has 0 aromatic carbocycles. The zero-order valence-electron chi connectivity index (χ0n) is 10.9. The van der Waals surface area contributed by atoms with Crippen LogP contribution in [0, 0.1) is 0 Å². The highest BCUT2D eigenvalue weighted by molar-refractivity contribution is 7.09. The van der Waals surface area contributed by atoms with Crippen molar-refractivity contribution >= 4 is 17.2 Å². The molecule has 0 bridgehead atoms. The van der Waals surface area contributed by atoms with E-state index in [0.29, 0.717) is 18.3 Å². The first-order chi connectivity index (χ1) is 9.35. The van der Waals surface area contributed by atoms with Crippen molar-refractivity contribution in [3.8, 4) is 5.88 Å². The van der Waals surface area contributed by atoms with Crippen LogP contribution in [0.5, 0.6) is 5.88 Å². The molecule has 0 unspecified atom stereocenters. The first-order valence-corrected chi connectivity index (χ1v) is 7.18. The Bertz CT molecular complexity index is 501. The lowest BCUT2D eigenvalue weighted by Gasteiger charge is -2.12. The van der Waals surface area contributed by atoms with Crippen molar-refractivity contribution in [2.75, 3.05) is 12.0 Å². The van der Waals surface area contributed by atoms with Crippen LogP contribution in [0.4, 0.5) is 5.82 Å². The van der Waals surface area contributed by atoms with Gasteiger partial charge in [0.25, 0.3) is 0 Å². The Hall–Kier alpha value is -1.66. The second-order valence-electron chi connectivity index (χ2n) is 4.08. The number of hydrogen-bond acceptors (Lipinski definition) is 6. The third-order valence-electron chi connectivity index (χ3n) is 2.71. The monoisotopic (exact) mass is 278 g/mol. The first kappa shape index (κ1) is 13.8. The van der Waals surface area contributed by atoms with Crippen molar-refractivity contribution in [3.63, 3.8) is 0 Å². The van der Waals surface area contributed by atoms with Gasteiger partial charge in [0.2, 0.25) is 5.88 Å². The molecule has 102 valence electrons. The molecule has 0 saturated heterocycles. The number of hydrogen-bond donors (Lipinski definition) is 2. The minimum atomic E-state index is 0.609. The number of nitrogens with zero attached hydrogens (tertiary/aromatic N) is 2. The van der Waals surface area contributed by atoms with E-state index in [-0.39, 0.29) is 0 Å². The fourth-order valence-electron chi connectivity index (χ4n) is 1.82. The second kappa shape index (κ2) is 7.06. The van der Waals surface area contributed by atoms with Gasteiger partial charge in [0.1, 0.15) is 12.1 Å². The van der Waals surface area contributed by atoms with Crippen molar-refractivity contribution in [2.45, 2.75) is 26.2 Å². The van der Waals surface area contributed by atoms with Crippen LogP contribution in [0.2, 0.25) is 0 Å². The molecule has 0 spiro atoms. The Labute approximate surface area is 116 Å². The quantitative estimate of drug-likeness (QED) is 0.601. The van der Waals surface area contributed by atoms with E-state index in [1.165, 1.54) is 11.2 Å². The van der Waals surface area contributed by atoms with E-state index >= 15 is 0 Å². The van der Waals surface area contributed by atoms with Crippen LogP contribution in [0.15, 0.2) is 23.8 Å². The number of thiophene rings is 1. The van der Waals surface area contributed by atoms with Gasteiger partial charge in [-0.3, -0.25) is 0 Å². The van der Waals surface area contributed by atoms with Gasteiger partial charge < -0.3 is 10.2 Å². The van der Waals surface area contributed by atoms with E-state index in [2.05, 4.69) is 33.8 Å². The fourth-order valence-corrected chi connectivity index (χ4v) is 2.51. The first-order valence-electron chi connectivity index (χ1n) is 6.30. The van der Waals surface area contributed by atoms with Crippen LogP contribution in [-0.2, 0) is 12.8 Å². The summed E-state index contributed by atoms with van der Waals surface area (Å²) in [6.45, 7) is 2.71. The molecule has 0 aliphatic rings. The summed E-state index contributed by atoms with van der Waals surface area (Å²) in [6, 6.07) is 4.15. The molecule has 2 rings (SSSR count). The van der Waals surface area contributed by atoms with Crippen molar-refractivity contribution in [3.05, 3.63) is 34.3 Å². The Kier molecular flexibility index (Phi) is 5.11. The van der Waals surface area contributed by atoms with Gasteiger partial charge in [-0.05, 0) is 17.9 Å². The molecule has 19 heavy (non-hydrogen) atoms. The molecular weight excluding hydrogens is 260 g/mol. The number of nitrogens with two attached hydrogens (primary N) is 1. The Morgan fingerprint density at radius 2 is 2.26 bits per heavy atom. The summed E-state index contributed by atoms with van der Waals surface area (Å²) in [5.41, 5.74) is 3.54. The molecule has 0 atom stereocenters. The van der Waals surface area contributed by atoms with Crippen LogP contribution < -0.4 is 16.0 Å². The largest absolute Gasteiger partial charge is 0.477 e. The predicted octanol–water partition coefficient (Wildman–Crippen LogP) is 2.40. The molecule has 0 fully saturated rings. The predicted molar refractivity (Wildman–Crippen MR) is 77.4 cm³/mol. The number of aromatic nitrogens is 2. The smallest absolute Gasteiger partial charge is 0.221 e. The summed E-state index contributed by atoms with van der Waals surface area (Å²) in [4.78, 5) is 9.62. The molecular formula is C13H18N4OS. The van der Waals surface area contributed by atoms with Gasteiger partial charge in [-0.25, -0.2) is 15.8 Å². The highest BCUT2D eigenvalue weighted by Gasteiger charge is 2.11. The molecule has 2 heterocycles. The van der Waals surface area contributed by atoms with E-state index in [1.54, 1.807) is 11.3 Å². The Morgan fingerprint density at radius 3 is 2.95 bits per heavy atom. The van der Waals surface area contributed by atoms with Gasteiger partial charge in [0.15, 0.2) is 0 Å². The highest BCUT2D eigenvalue weighted by atomic mass is 32.1. The third kappa shape index (κ3) is 3.65. The maximum atomic E-state index is 5.77. The summed E-state index contributed by atoms with van der Waals surface area (Å²) in [6.07, 6.45) is 4.19. The second-order valence-corrected chi connectivity index (χ2v) is 5.11. The average Bonchev–Trinajstić information content (AvgIpc) is 2.94. The summed E-state index contributed by atoms with van der Waals surface area (Å²) >= 11 is 1.74. The van der Waals surface area contributed by atoms with Gasteiger partial charge in [0.05, 0.1) is 12.2 Å². The van der Waals surface area contributed by atoms with E-state index in [4.69, 9.17) is 10.6 Å². The number of rotatable bonds is 7. The topological polar surface area (TPSA) is 73.1 Å². The molecule has 0 amide bonds. The van der Waals surface area contributed by atoms with Crippen molar-refractivity contribution < 1.29 is 4.74 Å². The standard InChI is InChI=1S/C13H18N4OS/c1-2-4-11-12(17-14)15-9-16-13(11)18-7-6-10-5-3-8-19-10/h3,5,8-9H,2,4,6-7,14H2,1H3,(H,15,16,17). The molecule has 2 aromatic rings. The molecule has 0 radical (unpaired) electrons. The van der Waals surface area contributed by atoms with Gasteiger partial charge in [-0.15, -0.1) is 11.3 Å². The van der Waals surface area contributed by atoms with E-state index in [9.17, 15) is 0 Å². The Morgan fingerprint density at radius 1 is 1.37 bits per heavy atom. The highest BCUT2D eigenvalue weighted by Crippen LogP contribution is 2.23. The van der Waals surface area contributed by atoms with Crippen LogP contribution in [0.3, 0.4) is 0 Å². The van der Waals surface area contributed by atoms with Gasteiger partial charge in [-0.2, -0.15) is 0 Å². The van der Waals surface area contributed by atoms with Gasteiger partial charge in [-0.1, -0.05) is 19.4 Å². The van der Waals surface area contributed by atoms with Gasteiger partial charge in [0, 0.05) is 11.3 Å². The number of anilines is 1. The summed E-state index contributed by atoms with van der Waals surface area (Å²) in [5.74, 6) is 6.73. The zero-order valence-corrected chi connectivity index (χ0v) is 11.7. The number of nitrogens with one attached hydrogen (secondary N) is 1. The zero-order chi connectivity index (χ0) is 13.5. The number of nitrogen functional groups attached to an aromatic ring is 1. The maximum absolute atomic E-state index is 5.77. The lowest BCUT2D eigenvalue weighted by molar-refractivity contribution is 0.306. The number of ether oxygens (including phenoxy) is 1.